The minimum absolute atomic E-state index is 0.111. The number of nitrogens with two attached hydrogens (primary N) is 1. The molecule has 3 rings (SSSR count). The lowest BCUT2D eigenvalue weighted by atomic mass is 9.88. The van der Waals surface area contributed by atoms with Gasteiger partial charge in [-0.15, -0.1) is 11.3 Å². The van der Waals surface area contributed by atoms with Gasteiger partial charge in [-0.05, 0) is 49.1 Å². The Balaban J connectivity index is 1.79. The van der Waals surface area contributed by atoms with Crippen molar-refractivity contribution in [3.63, 3.8) is 0 Å². The number of carbonyl (C=O) groups excluding carboxylic acids is 1. The highest BCUT2D eigenvalue weighted by molar-refractivity contribution is 7.10. The van der Waals surface area contributed by atoms with Crippen LogP contribution in [0.5, 0.6) is 0 Å². The summed E-state index contributed by atoms with van der Waals surface area (Å²) in [6.45, 7) is 6.81. The van der Waals surface area contributed by atoms with Gasteiger partial charge in [0.05, 0.1) is 5.56 Å². The van der Waals surface area contributed by atoms with E-state index < -0.39 is 0 Å². The molecule has 110 valence electrons. The van der Waals surface area contributed by atoms with Crippen LogP contribution in [-0.4, -0.2) is 30.4 Å². The van der Waals surface area contributed by atoms with Crippen LogP contribution in [-0.2, 0) is 12.8 Å². The van der Waals surface area contributed by atoms with E-state index in [0.29, 0.717) is 6.54 Å². The van der Waals surface area contributed by atoms with Crippen molar-refractivity contribution in [2.24, 2.45) is 17.1 Å². The summed E-state index contributed by atoms with van der Waals surface area (Å²) in [4.78, 5) is 16.2. The molecule has 1 aliphatic carbocycles. The van der Waals surface area contributed by atoms with Crippen LogP contribution in [0, 0.1) is 11.3 Å². The fourth-order valence-corrected chi connectivity index (χ4v) is 4.63. The van der Waals surface area contributed by atoms with E-state index >= 15 is 0 Å². The summed E-state index contributed by atoms with van der Waals surface area (Å²) in [5, 5.41) is 2.09. The summed E-state index contributed by atoms with van der Waals surface area (Å²) in [5.74, 6) is 0.991. The molecule has 1 saturated heterocycles. The molecule has 1 amide bonds. The van der Waals surface area contributed by atoms with E-state index in [9.17, 15) is 4.79 Å². The van der Waals surface area contributed by atoms with Crippen molar-refractivity contribution in [2.45, 2.75) is 39.5 Å². The Kier molecular flexibility index (Phi) is 3.63. The number of carbonyl (C=O) groups is 1. The van der Waals surface area contributed by atoms with Crippen molar-refractivity contribution in [2.75, 3.05) is 19.6 Å². The largest absolute Gasteiger partial charge is 0.338 e. The molecular formula is C16H24N2OS. The molecule has 0 spiro atoms. The molecule has 1 fully saturated rings. The maximum absolute atomic E-state index is 12.8. The first-order chi connectivity index (χ1) is 9.52. The highest BCUT2D eigenvalue weighted by Crippen LogP contribution is 2.35. The van der Waals surface area contributed by atoms with Gasteiger partial charge in [0.15, 0.2) is 0 Å². The zero-order valence-electron chi connectivity index (χ0n) is 12.4. The van der Waals surface area contributed by atoms with Gasteiger partial charge in [0.25, 0.3) is 5.91 Å². The maximum atomic E-state index is 12.8. The second-order valence-electron chi connectivity index (χ2n) is 6.89. The zero-order chi connectivity index (χ0) is 14.3. The molecule has 2 atom stereocenters. The fourth-order valence-electron chi connectivity index (χ4n) is 3.39. The highest BCUT2D eigenvalue weighted by Gasteiger charge is 2.36. The molecule has 4 heteroatoms. The summed E-state index contributed by atoms with van der Waals surface area (Å²) < 4.78 is 0. The zero-order valence-corrected chi connectivity index (χ0v) is 13.3. The Morgan fingerprint density at radius 2 is 2.40 bits per heavy atom. The molecule has 0 radical (unpaired) electrons. The van der Waals surface area contributed by atoms with E-state index in [4.69, 9.17) is 5.73 Å². The summed E-state index contributed by atoms with van der Waals surface area (Å²) in [6.07, 6.45) is 4.46. The normalized spacial score (nSPS) is 29.6. The molecule has 1 aromatic heterocycles. The van der Waals surface area contributed by atoms with E-state index in [-0.39, 0.29) is 11.3 Å². The van der Waals surface area contributed by atoms with Gasteiger partial charge in [0.2, 0.25) is 0 Å². The number of nitrogens with zero attached hydrogens (tertiary/aromatic N) is 1. The average Bonchev–Trinajstić information content (AvgIpc) is 3.02. The Hall–Kier alpha value is -0.870. The molecule has 3 nitrogen and oxygen atoms in total. The molecule has 20 heavy (non-hydrogen) atoms. The first-order valence-corrected chi connectivity index (χ1v) is 8.49. The van der Waals surface area contributed by atoms with Crippen molar-refractivity contribution < 1.29 is 4.79 Å². The van der Waals surface area contributed by atoms with E-state index in [1.54, 1.807) is 11.3 Å². The van der Waals surface area contributed by atoms with Gasteiger partial charge in [-0.3, -0.25) is 4.79 Å². The number of hydrogen-bond acceptors (Lipinski definition) is 3. The number of fused-ring (bicyclic) bond motifs is 1. The molecule has 0 aromatic carbocycles. The first-order valence-electron chi connectivity index (χ1n) is 7.61. The van der Waals surface area contributed by atoms with Crippen LogP contribution >= 0.6 is 11.3 Å². The maximum Gasteiger partial charge on any atom is 0.255 e. The van der Waals surface area contributed by atoms with Crippen molar-refractivity contribution >= 4 is 17.2 Å². The highest BCUT2D eigenvalue weighted by atomic mass is 32.1. The number of thiophene rings is 1. The third kappa shape index (κ3) is 2.40. The van der Waals surface area contributed by atoms with E-state index in [2.05, 4.69) is 19.2 Å². The van der Waals surface area contributed by atoms with Gasteiger partial charge in [0.1, 0.15) is 0 Å². The summed E-state index contributed by atoms with van der Waals surface area (Å²) in [5.41, 5.74) is 8.25. The second kappa shape index (κ2) is 5.15. The Bertz CT molecular complexity index is 525. The molecule has 0 bridgehead atoms. The number of hydrogen-bond donors (Lipinski definition) is 1. The van der Waals surface area contributed by atoms with Crippen LogP contribution in [0.1, 0.15) is 47.5 Å². The lowest BCUT2D eigenvalue weighted by molar-refractivity contribution is 0.0776. The van der Waals surface area contributed by atoms with Crippen LogP contribution in [0.2, 0.25) is 0 Å². The van der Waals surface area contributed by atoms with Crippen LogP contribution in [0.15, 0.2) is 5.38 Å². The summed E-state index contributed by atoms with van der Waals surface area (Å²) >= 11 is 1.78. The van der Waals surface area contributed by atoms with Crippen LogP contribution in [0.4, 0.5) is 0 Å². The third-order valence-electron chi connectivity index (χ3n) is 4.97. The molecule has 0 saturated carbocycles. The topological polar surface area (TPSA) is 46.3 Å². The van der Waals surface area contributed by atoms with Gasteiger partial charge in [-0.1, -0.05) is 13.8 Å². The first kappa shape index (κ1) is 14.1. The van der Waals surface area contributed by atoms with Crippen molar-refractivity contribution in [1.82, 2.24) is 4.90 Å². The minimum atomic E-state index is 0.111. The average molecular weight is 292 g/mol. The third-order valence-corrected chi connectivity index (χ3v) is 6.02. The van der Waals surface area contributed by atoms with Crippen LogP contribution < -0.4 is 5.73 Å². The van der Waals surface area contributed by atoms with Gasteiger partial charge >= 0.3 is 0 Å². The molecule has 1 aliphatic heterocycles. The predicted molar refractivity (Wildman–Crippen MR) is 83.2 cm³/mol. The van der Waals surface area contributed by atoms with Crippen molar-refractivity contribution in [3.8, 4) is 0 Å². The Morgan fingerprint density at radius 1 is 1.60 bits per heavy atom. The van der Waals surface area contributed by atoms with Crippen molar-refractivity contribution in [3.05, 3.63) is 21.4 Å². The Labute approximate surface area is 125 Å². The quantitative estimate of drug-likeness (QED) is 0.911. The van der Waals surface area contributed by atoms with Crippen LogP contribution in [0.3, 0.4) is 0 Å². The monoisotopic (exact) mass is 292 g/mol. The van der Waals surface area contributed by atoms with Gasteiger partial charge in [-0.2, -0.15) is 0 Å². The smallest absolute Gasteiger partial charge is 0.255 e. The molecule has 2 aliphatic rings. The van der Waals surface area contributed by atoms with Gasteiger partial charge in [0, 0.05) is 23.3 Å². The molecule has 2 N–H and O–H groups in total. The van der Waals surface area contributed by atoms with Crippen molar-refractivity contribution in [1.29, 1.82) is 0 Å². The van der Waals surface area contributed by atoms with E-state index in [1.807, 2.05) is 4.90 Å². The minimum Gasteiger partial charge on any atom is -0.338 e. The predicted octanol–water partition coefficient (Wildman–Crippen LogP) is 2.68. The van der Waals surface area contributed by atoms with Crippen LogP contribution in [0.25, 0.3) is 0 Å². The lowest BCUT2D eigenvalue weighted by Gasteiger charge is -2.23. The standard InChI is InChI=1S/C16H24N2OS/c1-11-3-4-12-13(8-20-14(12)7-11)15(19)18-6-5-16(2,9-17)10-18/h8,11H,3-7,9-10,17H2,1-2H3. The SMILES string of the molecule is CC1CCc2c(C(=O)N3CCC(C)(CN)C3)csc2C1. The number of rotatable bonds is 2. The summed E-state index contributed by atoms with van der Waals surface area (Å²) in [7, 11) is 0. The molecular weight excluding hydrogens is 268 g/mol. The molecule has 2 heterocycles. The Morgan fingerprint density at radius 3 is 3.10 bits per heavy atom. The lowest BCUT2D eigenvalue weighted by Crippen LogP contribution is -2.34. The van der Waals surface area contributed by atoms with E-state index in [1.165, 1.54) is 16.9 Å². The molecule has 2 unspecified atom stereocenters. The molecule has 1 aromatic rings. The summed E-state index contributed by atoms with van der Waals surface area (Å²) in [6, 6.07) is 0. The number of amides is 1. The van der Waals surface area contributed by atoms with E-state index in [0.717, 1.165) is 43.8 Å². The fraction of sp³-hybridized carbons (Fsp3) is 0.688. The van der Waals surface area contributed by atoms with Gasteiger partial charge < -0.3 is 10.6 Å². The van der Waals surface area contributed by atoms with Gasteiger partial charge in [-0.25, -0.2) is 0 Å². The second-order valence-corrected chi connectivity index (χ2v) is 7.85. The number of likely N-dealkylation sites (tertiary alicyclic amines) is 1.